The highest BCUT2D eigenvalue weighted by Gasteiger charge is 2.24. The first-order valence-corrected chi connectivity index (χ1v) is 9.85. The molecule has 0 aliphatic rings. The van der Waals surface area contributed by atoms with Crippen molar-refractivity contribution >= 4 is 13.6 Å². The number of benzene rings is 1. The molecule has 0 spiro atoms. The maximum atomic E-state index is 12.5. The maximum Gasteiger partial charge on any atom is 0.335 e. The van der Waals surface area contributed by atoms with E-state index in [1.165, 1.54) is 6.92 Å². The van der Waals surface area contributed by atoms with Gasteiger partial charge in [-0.1, -0.05) is 24.3 Å². The number of esters is 1. The summed E-state index contributed by atoms with van der Waals surface area (Å²) in [5, 5.41) is 9.36. The van der Waals surface area contributed by atoms with Gasteiger partial charge in [-0.3, -0.25) is 9.36 Å². The summed E-state index contributed by atoms with van der Waals surface area (Å²) in [5.74, 6) is -0.496. The number of carbonyl (C=O) groups is 1. The average molecular weight is 358 g/mol. The van der Waals surface area contributed by atoms with Crippen LogP contribution in [-0.4, -0.2) is 37.5 Å². The lowest BCUT2D eigenvalue weighted by Gasteiger charge is -2.17. The number of aliphatic hydroxyl groups excluding tert-OH is 1. The number of carbonyl (C=O) groups excluding carboxylic acids is 1. The standard InChI is InChI=1S/C17H27O6P/c1-4-22-24(20,23-5-2)13-16-8-6-15(7-9-16)10-17(11-18)12-21-14(3)19/h6-9,17-18H,4-5,10-13H2,1-3H3/t17-/m1/s1. The van der Waals surface area contributed by atoms with Crippen LogP contribution in [-0.2, 0) is 35.7 Å². The predicted molar refractivity (Wildman–Crippen MR) is 91.9 cm³/mol. The zero-order chi connectivity index (χ0) is 18.0. The summed E-state index contributed by atoms with van der Waals surface area (Å²) in [6, 6.07) is 7.57. The number of rotatable bonds is 11. The normalized spacial score (nSPS) is 12.8. The SMILES string of the molecule is CCOP(=O)(Cc1ccc(C[C@H](CO)COC(C)=O)cc1)OCC. The van der Waals surface area contributed by atoms with Crippen LogP contribution < -0.4 is 0 Å². The van der Waals surface area contributed by atoms with Crippen LogP contribution in [0, 0.1) is 5.92 Å². The highest BCUT2D eigenvalue weighted by molar-refractivity contribution is 7.53. The molecule has 0 radical (unpaired) electrons. The summed E-state index contributed by atoms with van der Waals surface area (Å²) >= 11 is 0. The first-order valence-electron chi connectivity index (χ1n) is 8.12. The van der Waals surface area contributed by atoms with Crippen LogP contribution in [0.1, 0.15) is 31.9 Å². The van der Waals surface area contributed by atoms with Gasteiger partial charge in [0.25, 0.3) is 0 Å². The number of aliphatic hydroxyl groups is 1. The molecule has 0 amide bonds. The van der Waals surface area contributed by atoms with Crippen LogP contribution in [0.4, 0.5) is 0 Å². The molecule has 0 saturated heterocycles. The van der Waals surface area contributed by atoms with Crippen molar-refractivity contribution in [3.05, 3.63) is 35.4 Å². The molecule has 1 atom stereocenters. The maximum absolute atomic E-state index is 12.5. The van der Waals surface area contributed by atoms with E-state index < -0.39 is 7.60 Å². The van der Waals surface area contributed by atoms with Crippen molar-refractivity contribution in [2.75, 3.05) is 26.4 Å². The summed E-state index contributed by atoms with van der Waals surface area (Å²) < 4.78 is 28.0. The third kappa shape index (κ3) is 7.58. The molecule has 6 nitrogen and oxygen atoms in total. The largest absolute Gasteiger partial charge is 0.465 e. The second-order valence-electron chi connectivity index (χ2n) is 5.48. The molecule has 1 N–H and O–H groups in total. The van der Waals surface area contributed by atoms with Gasteiger partial charge in [0.2, 0.25) is 0 Å². The minimum absolute atomic E-state index is 0.0566. The molecule has 0 aliphatic heterocycles. The molecular weight excluding hydrogens is 331 g/mol. The van der Waals surface area contributed by atoms with Crippen molar-refractivity contribution in [3.8, 4) is 0 Å². The molecule has 0 heterocycles. The van der Waals surface area contributed by atoms with Gasteiger partial charge in [0, 0.05) is 19.4 Å². The van der Waals surface area contributed by atoms with E-state index in [4.69, 9.17) is 13.8 Å². The topological polar surface area (TPSA) is 82.1 Å². The zero-order valence-corrected chi connectivity index (χ0v) is 15.5. The van der Waals surface area contributed by atoms with E-state index in [1.54, 1.807) is 13.8 Å². The molecule has 1 aromatic rings. The second-order valence-corrected chi connectivity index (χ2v) is 7.53. The highest BCUT2D eigenvalue weighted by atomic mass is 31.2. The van der Waals surface area contributed by atoms with E-state index in [0.717, 1.165) is 11.1 Å². The smallest absolute Gasteiger partial charge is 0.335 e. The van der Waals surface area contributed by atoms with Crippen molar-refractivity contribution in [2.45, 2.75) is 33.4 Å². The number of hydrogen-bond acceptors (Lipinski definition) is 6. The molecule has 1 aromatic carbocycles. The van der Waals surface area contributed by atoms with Crippen LogP contribution in [0.2, 0.25) is 0 Å². The number of hydrogen-bond donors (Lipinski definition) is 1. The first-order chi connectivity index (χ1) is 11.4. The molecule has 0 aromatic heterocycles. The third-order valence-corrected chi connectivity index (χ3v) is 5.41. The Balaban J connectivity index is 2.67. The quantitative estimate of drug-likeness (QED) is 0.483. The van der Waals surface area contributed by atoms with Crippen molar-refractivity contribution in [1.82, 2.24) is 0 Å². The predicted octanol–water partition coefficient (Wildman–Crippen LogP) is 3.17. The fourth-order valence-electron chi connectivity index (χ4n) is 2.27. The lowest BCUT2D eigenvalue weighted by molar-refractivity contribution is -0.142. The second kappa shape index (κ2) is 10.6. The molecule has 0 unspecified atom stereocenters. The van der Waals surface area contributed by atoms with E-state index in [0.29, 0.717) is 19.6 Å². The fraction of sp³-hybridized carbons (Fsp3) is 0.588. The molecule has 24 heavy (non-hydrogen) atoms. The molecule has 0 aliphatic carbocycles. The molecule has 136 valence electrons. The van der Waals surface area contributed by atoms with Crippen LogP contribution in [0.3, 0.4) is 0 Å². The Labute approximate surface area is 143 Å². The van der Waals surface area contributed by atoms with Crippen molar-refractivity contribution in [3.63, 3.8) is 0 Å². The summed E-state index contributed by atoms with van der Waals surface area (Å²) in [7, 11) is -3.11. The lowest BCUT2D eigenvalue weighted by atomic mass is 10.00. The van der Waals surface area contributed by atoms with Gasteiger partial charge in [-0.25, -0.2) is 0 Å². The van der Waals surface area contributed by atoms with Gasteiger partial charge in [-0.15, -0.1) is 0 Å². The van der Waals surface area contributed by atoms with Crippen molar-refractivity contribution in [2.24, 2.45) is 5.92 Å². The molecule has 7 heteroatoms. The van der Waals surface area contributed by atoms with Crippen molar-refractivity contribution in [1.29, 1.82) is 0 Å². The van der Waals surface area contributed by atoms with Crippen LogP contribution in [0.15, 0.2) is 24.3 Å². The molecular formula is C17H27O6P. The Hall–Kier alpha value is -1.20. The Morgan fingerprint density at radius 1 is 1.12 bits per heavy atom. The monoisotopic (exact) mass is 358 g/mol. The molecule has 1 rings (SSSR count). The summed E-state index contributed by atoms with van der Waals surface area (Å²) in [5.41, 5.74) is 1.87. The summed E-state index contributed by atoms with van der Waals surface area (Å²) in [6.07, 6.45) is 0.824. The van der Waals surface area contributed by atoms with Gasteiger partial charge in [-0.2, -0.15) is 0 Å². The van der Waals surface area contributed by atoms with E-state index in [2.05, 4.69) is 0 Å². The van der Waals surface area contributed by atoms with Gasteiger partial charge in [-0.05, 0) is 31.4 Å². The van der Waals surface area contributed by atoms with E-state index in [-0.39, 0.29) is 31.3 Å². The van der Waals surface area contributed by atoms with Gasteiger partial charge in [0.1, 0.15) is 0 Å². The Morgan fingerprint density at radius 2 is 1.67 bits per heavy atom. The van der Waals surface area contributed by atoms with Crippen LogP contribution in [0.25, 0.3) is 0 Å². The highest BCUT2D eigenvalue weighted by Crippen LogP contribution is 2.51. The Bertz CT molecular complexity index is 533. The molecule has 0 saturated carbocycles. The van der Waals surface area contributed by atoms with Gasteiger partial charge >= 0.3 is 13.6 Å². The van der Waals surface area contributed by atoms with E-state index in [9.17, 15) is 14.5 Å². The average Bonchev–Trinajstić information content (AvgIpc) is 2.53. The molecule has 0 fully saturated rings. The third-order valence-electron chi connectivity index (χ3n) is 3.36. The van der Waals surface area contributed by atoms with E-state index in [1.807, 2.05) is 24.3 Å². The number of ether oxygens (including phenoxy) is 1. The van der Waals surface area contributed by atoms with E-state index >= 15 is 0 Å². The minimum Gasteiger partial charge on any atom is -0.465 e. The minimum atomic E-state index is -3.11. The van der Waals surface area contributed by atoms with Gasteiger partial charge in [0.05, 0.1) is 26.0 Å². The molecule has 0 bridgehead atoms. The van der Waals surface area contributed by atoms with Gasteiger partial charge in [0.15, 0.2) is 0 Å². The lowest BCUT2D eigenvalue weighted by Crippen LogP contribution is -2.18. The Kier molecular flexibility index (Phi) is 9.22. The fourth-order valence-corrected chi connectivity index (χ4v) is 3.97. The summed E-state index contributed by atoms with van der Waals surface area (Å²) in [4.78, 5) is 10.8. The van der Waals surface area contributed by atoms with Crippen LogP contribution >= 0.6 is 7.60 Å². The zero-order valence-electron chi connectivity index (χ0n) is 14.6. The summed E-state index contributed by atoms with van der Waals surface area (Å²) in [6.45, 7) is 5.72. The van der Waals surface area contributed by atoms with Crippen LogP contribution in [0.5, 0.6) is 0 Å². The Morgan fingerprint density at radius 3 is 2.12 bits per heavy atom. The van der Waals surface area contributed by atoms with Gasteiger partial charge < -0.3 is 18.9 Å². The first kappa shape index (κ1) is 20.8. The van der Waals surface area contributed by atoms with Crippen molar-refractivity contribution < 1.29 is 28.3 Å².